The first-order valence-electron chi connectivity index (χ1n) is 8.59. The lowest BCUT2D eigenvalue weighted by Gasteiger charge is -2.34. The van der Waals surface area contributed by atoms with Crippen LogP contribution in [-0.4, -0.2) is 46.2 Å². The molecule has 130 valence electrons. The first kappa shape index (κ1) is 16.0. The predicted molar refractivity (Wildman–Crippen MR) is 93.2 cm³/mol. The first-order chi connectivity index (χ1) is 12.2. The standard InChI is InChI=1S/C18H21N5O2/c1-12-14(3-2-6-20-12)22-18(24)15-9-13-5-8-23(10-16(13)25-15)17-4-7-19-11-21-17/h2-4,6-7,11,13,15-16H,5,8-10H2,1H3,(H,22,24)/t13-,15+,16-/m1/s1. The summed E-state index contributed by atoms with van der Waals surface area (Å²) in [7, 11) is 0. The zero-order valence-electron chi connectivity index (χ0n) is 14.1. The second-order valence-corrected chi connectivity index (χ2v) is 6.59. The van der Waals surface area contributed by atoms with Gasteiger partial charge in [0.1, 0.15) is 18.2 Å². The van der Waals surface area contributed by atoms with Gasteiger partial charge < -0.3 is 15.0 Å². The molecule has 4 heterocycles. The molecule has 1 amide bonds. The van der Waals surface area contributed by atoms with Gasteiger partial charge in [-0.2, -0.15) is 0 Å². The lowest BCUT2D eigenvalue weighted by atomic mass is 9.91. The van der Waals surface area contributed by atoms with Gasteiger partial charge in [-0.3, -0.25) is 9.78 Å². The second kappa shape index (κ2) is 6.76. The minimum absolute atomic E-state index is 0.0643. The average molecular weight is 339 g/mol. The summed E-state index contributed by atoms with van der Waals surface area (Å²) >= 11 is 0. The molecule has 25 heavy (non-hydrogen) atoms. The first-order valence-corrected chi connectivity index (χ1v) is 8.59. The van der Waals surface area contributed by atoms with Crippen LogP contribution in [0.1, 0.15) is 18.5 Å². The van der Waals surface area contributed by atoms with Crippen molar-refractivity contribution >= 4 is 17.4 Å². The van der Waals surface area contributed by atoms with E-state index in [4.69, 9.17) is 4.74 Å². The summed E-state index contributed by atoms with van der Waals surface area (Å²) in [4.78, 5) is 27.2. The fraction of sp³-hybridized carbons (Fsp3) is 0.444. The van der Waals surface area contributed by atoms with Crippen molar-refractivity contribution < 1.29 is 9.53 Å². The van der Waals surface area contributed by atoms with Crippen molar-refractivity contribution in [3.63, 3.8) is 0 Å². The summed E-state index contributed by atoms with van der Waals surface area (Å²) in [5.74, 6) is 1.25. The van der Waals surface area contributed by atoms with E-state index in [1.54, 1.807) is 18.7 Å². The number of nitrogens with zero attached hydrogens (tertiary/aromatic N) is 4. The molecule has 2 aromatic rings. The molecule has 2 fully saturated rings. The van der Waals surface area contributed by atoms with Crippen LogP contribution in [0.3, 0.4) is 0 Å². The molecular weight excluding hydrogens is 318 g/mol. The van der Waals surface area contributed by atoms with Crippen LogP contribution in [-0.2, 0) is 9.53 Å². The molecule has 0 radical (unpaired) electrons. The van der Waals surface area contributed by atoms with E-state index in [2.05, 4.69) is 25.2 Å². The molecule has 4 rings (SSSR count). The van der Waals surface area contributed by atoms with Gasteiger partial charge in [-0.25, -0.2) is 9.97 Å². The summed E-state index contributed by atoms with van der Waals surface area (Å²) in [6.45, 7) is 3.57. The Balaban J connectivity index is 1.39. The average Bonchev–Trinajstić information content (AvgIpc) is 3.08. The molecule has 0 aromatic carbocycles. The number of carbonyl (C=O) groups excluding carboxylic acids is 1. The highest BCUT2D eigenvalue weighted by Gasteiger charge is 2.42. The summed E-state index contributed by atoms with van der Waals surface area (Å²) in [6.07, 6.45) is 6.46. The topological polar surface area (TPSA) is 80.2 Å². The Morgan fingerprint density at radius 2 is 2.24 bits per heavy atom. The van der Waals surface area contributed by atoms with E-state index in [1.165, 1.54) is 0 Å². The number of aryl methyl sites for hydroxylation is 1. The Morgan fingerprint density at radius 3 is 3.04 bits per heavy atom. The summed E-state index contributed by atoms with van der Waals surface area (Å²) in [5.41, 5.74) is 1.55. The van der Waals surface area contributed by atoms with Crippen LogP contribution < -0.4 is 10.2 Å². The lowest BCUT2D eigenvalue weighted by Crippen LogP contribution is -2.42. The molecule has 2 aliphatic rings. The number of amides is 1. The SMILES string of the molecule is Cc1ncccc1NC(=O)[C@@H]1C[C@H]2CCN(c3ccncn3)C[C@H]2O1. The molecule has 0 bridgehead atoms. The molecule has 2 aromatic heterocycles. The molecular formula is C18H21N5O2. The van der Waals surface area contributed by atoms with E-state index in [9.17, 15) is 4.79 Å². The Bertz CT molecular complexity index is 754. The maximum absolute atomic E-state index is 12.6. The molecule has 0 aliphatic carbocycles. The third kappa shape index (κ3) is 3.32. The predicted octanol–water partition coefficient (Wildman–Crippen LogP) is 1.80. The van der Waals surface area contributed by atoms with Crippen LogP contribution in [0.25, 0.3) is 0 Å². The van der Waals surface area contributed by atoms with Crippen LogP contribution >= 0.6 is 0 Å². The van der Waals surface area contributed by atoms with Crippen molar-refractivity contribution in [2.45, 2.75) is 32.0 Å². The van der Waals surface area contributed by atoms with E-state index in [1.807, 2.05) is 25.1 Å². The number of hydrogen-bond acceptors (Lipinski definition) is 6. The lowest BCUT2D eigenvalue weighted by molar-refractivity contribution is -0.126. The zero-order chi connectivity index (χ0) is 17.2. The van der Waals surface area contributed by atoms with Gasteiger partial charge in [0.15, 0.2) is 0 Å². The summed E-state index contributed by atoms with van der Waals surface area (Å²) in [6, 6.07) is 5.58. The van der Waals surface area contributed by atoms with Crippen molar-refractivity contribution in [1.29, 1.82) is 0 Å². The molecule has 2 saturated heterocycles. The maximum Gasteiger partial charge on any atom is 0.253 e. The van der Waals surface area contributed by atoms with Gasteiger partial charge in [0, 0.05) is 25.5 Å². The number of fused-ring (bicyclic) bond motifs is 1. The van der Waals surface area contributed by atoms with Gasteiger partial charge in [-0.1, -0.05) is 0 Å². The second-order valence-electron chi connectivity index (χ2n) is 6.59. The Hall–Kier alpha value is -2.54. The van der Waals surface area contributed by atoms with E-state index in [-0.39, 0.29) is 12.0 Å². The smallest absolute Gasteiger partial charge is 0.253 e. The Morgan fingerprint density at radius 1 is 1.32 bits per heavy atom. The Labute approximate surface area is 146 Å². The van der Waals surface area contributed by atoms with Gasteiger partial charge in [-0.05, 0) is 43.9 Å². The summed E-state index contributed by atoms with van der Waals surface area (Å²) in [5, 5.41) is 2.94. The van der Waals surface area contributed by atoms with Crippen LogP contribution in [0.4, 0.5) is 11.5 Å². The number of carbonyl (C=O) groups is 1. The van der Waals surface area contributed by atoms with Crippen LogP contribution in [0.2, 0.25) is 0 Å². The van der Waals surface area contributed by atoms with Crippen molar-refractivity contribution in [3.05, 3.63) is 42.6 Å². The third-order valence-electron chi connectivity index (χ3n) is 5.00. The largest absolute Gasteiger partial charge is 0.363 e. The molecule has 0 spiro atoms. The quantitative estimate of drug-likeness (QED) is 0.918. The number of anilines is 2. The van der Waals surface area contributed by atoms with Crippen molar-refractivity contribution in [3.8, 4) is 0 Å². The number of rotatable bonds is 3. The molecule has 0 saturated carbocycles. The normalized spacial score (nSPS) is 25.5. The highest BCUT2D eigenvalue weighted by atomic mass is 16.5. The number of aromatic nitrogens is 3. The Kier molecular flexibility index (Phi) is 4.31. The van der Waals surface area contributed by atoms with Crippen molar-refractivity contribution in [2.24, 2.45) is 5.92 Å². The van der Waals surface area contributed by atoms with E-state index >= 15 is 0 Å². The molecule has 7 heteroatoms. The van der Waals surface area contributed by atoms with Crippen molar-refractivity contribution in [1.82, 2.24) is 15.0 Å². The zero-order valence-corrected chi connectivity index (χ0v) is 14.1. The number of pyridine rings is 1. The molecule has 1 N–H and O–H groups in total. The highest BCUT2D eigenvalue weighted by Crippen LogP contribution is 2.34. The maximum atomic E-state index is 12.6. The van der Waals surface area contributed by atoms with Gasteiger partial charge in [0.2, 0.25) is 0 Å². The monoisotopic (exact) mass is 339 g/mol. The number of ether oxygens (including phenoxy) is 1. The third-order valence-corrected chi connectivity index (χ3v) is 5.00. The number of nitrogens with one attached hydrogen (secondary N) is 1. The molecule has 0 unspecified atom stereocenters. The molecule has 7 nitrogen and oxygen atoms in total. The van der Waals surface area contributed by atoms with Crippen LogP contribution in [0.5, 0.6) is 0 Å². The fourth-order valence-electron chi connectivity index (χ4n) is 3.61. The molecule has 2 aliphatic heterocycles. The van der Waals surface area contributed by atoms with Gasteiger partial charge >= 0.3 is 0 Å². The van der Waals surface area contributed by atoms with Crippen LogP contribution in [0.15, 0.2) is 36.9 Å². The highest BCUT2D eigenvalue weighted by molar-refractivity contribution is 5.94. The van der Waals surface area contributed by atoms with E-state index in [0.717, 1.165) is 43.1 Å². The fourth-order valence-corrected chi connectivity index (χ4v) is 3.61. The van der Waals surface area contributed by atoms with Gasteiger partial charge in [0.05, 0.1) is 17.5 Å². The van der Waals surface area contributed by atoms with E-state index in [0.29, 0.717) is 5.92 Å². The molecule has 3 atom stereocenters. The number of piperidine rings is 1. The van der Waals surface area contributed by atoms with E-state index < -0.39 is 6.10 Å². The van der Waals surface area contributed by atoms with Crippen molar-refractivity contribution in [2.75, 3.05) is 23.3 Å². The minimum Gasteiger partial charge on any atom is -0.363 e. The van der Waals surface area contributed by atoms with Gasteiger partial charge in [-0.15, -0.1) is 0 Å². The number of hydrogen-bond donors (Lipinski definition) is 1. The van der Waals surface area contributed by atoms with Gasteiger partial charge in [0.25, 0.3) is 5.91 Å². The minimum atomic E-state index is -0.403. The summed E-state index contributed by atoms with van der Waals surface area (Å²) < 4.78 is 6.07. The van der Waals surface area contributed by atoms with Crippen LogP contribution in [0, 0.1) is 12.8 Å².